The highest BCUT2D eigenvalue weighted by Crippen LogP contribution is 2.13. The Morgan fingerprint density at radius 2 is 2.00 bits per heavy atom. The van der Waals surface area contributed by atoms with Gasteiger partial charge < -0.3 is 15.5 Å². The molecule has 116 valence electrons. The highest BCUT2D eigenvalue weighted by molar-refractivity contribution is 9.10. The number of amides is 1. The van der Waals surface area contributed by atoms with E-state index in [2.05, 4.69) is 21.2 Å². The lowest BCUT2D eigenvalue weighted by molar-refractivity contribution is -0.143. The molecule has 0 unspecified atom stereocenters. The minimum atomic E-state index is -1.19. The predicted octanol–water partition coefficient (Wildman–Crippen LogP) is 1.97. The third kappa shape index (κ3) is 6.27. The predicted molar refractivity (Wildman–Crippen MR) is 82.9 cm³/mol. The second-order valence-corrected chi connectivity index (χ2v) is 6.29. The molecule has 0 aromatic heterocycles. The fraction of sp³-hybridized carbons (Fsp3) is 0.467. The van der Waals surface area contributed by atoms with E-state index in [4.69, 9.17) is 0 Å². The Labute approximate surface area is 132 Å². The number of nitrogens with one attached hydrogen (secondary N) is 1. The minimum absolute atomic E-state index is 0.152. The van der Waals surface area contributed by atoms with Gasteiger partial charge in [-0.05, 0) is 30.0 Å². The summed E-state index contributed by atoms with van der Waals surface area (Å²) >= 11 is 3.32. The molecule has 1 aromatic carbocycles. The van der Waals surface area contributed by atoms with Gasteiger partial charge in [-0.1, -0.05) is 41.9 Å². The molecule has 5 nitrogen and oxygen atoms in total. The summed E-state index contributed by atoms with van der Waals surface area (Å²) in [5, 5.41) is 21.3. The van der Waals surface area contributed by atoms with E-state index in [1.54, 1.807) is 18.2 Å². The van der Waals surface area contributed by atoms with Crippen molar-refractivity contribution in [2.24, 2.45) is 5.92 Å². The van der Waals surface area contributed by atoms with Gasteiger partial charge in [-0.3, -0.25) is 4.79 Å². The molecule has 0 fully saturated rings. The molecule has 0 bridgehead atoms. The Kier molecular flexibility index (Phi) is 6.84. The molecule has 1 aromatic rings. The number of hydrogen-bond donors (Lipinski definition) is 3. The van der Waals surface area contributed by atoms with Crippen molar-refractivity contribution in [1.29, 1.82) is 0 Å². The van der Waals surface area contributed by atoms with Crippen LogP contribution in [0.3, 0.4) is 0 Å². The maximum atomic E-state index is 11.8. The van der Waals surface area contributed by atoms with Crippen LogP contribution in [0.2, 0.25) is 0 Å². The number of hydrogen-bond acceptors (Lipinski definition) is 3. The fourth-order valence-electron chi connectivity index (χ4n) is 1.92. The van der Waals surface area contributed by atoms with Gasteiger partial charge in [0, 0.05) is 10.9 Å². The molecule has 6 heteroatoms. The molecule has 2 atom stereocenters. The molecular weight excluding hydrogens is 338 g/mol. The van der Waals surface area contributed by atoms with Crippen molar-refractivity contribution in [1.82, 2.24) is 5.32 Å². The van der Waals surface area contributed by atoms with Gasteiger partial charge >= 0.3 is 5.97 Å². The number of carboxylic acid groups (broad SMARTS) is 1. The Morgan fingerprint density at radius 3 is 2.52 bits per heavy atom. The second-order valence-electron chi connectivity index (χ2n) is 5.38. The zero-order chi connectivity index (χ0) is 16.0. The SMILES string of the molecule is CC(C)C[C@@H](O)C(=O)N[C@H](Cc1cccc(Br)c1)C(=O)O. The maximum absolute atomic E-state index is 11.8. The summed E-state index contributed by atoms with van der Waals surface area (Å²) in [6, 6.07) is 6.16. The zero-order valence-corrected chi connectivity index (χ0v) is 13.6. The van der Waals surface area contributed by atoms with Gasteiger partial charge in [-0.2, -0.15) is 0 Å². The molecule has 0 radical (unpaired) electrons. The topological polar surface area (TPSA) is 86.6 Å². The summed E-state index contributed by atoms with van der Waals surface area (Å²) in [7, 11) is 0. The molecule has 0 aliphatic heterocycles. The van der Waals surface area contributed by atoms with E-state index in [-0.39, 0.29) is 12.3 Å². The number of aliphatic carboxylic acids is 1. The Hall–Kier alpha value is -1.40. The van der Waals surface area contributed by atoms with Crippen LogP contribution in [0.15, 0.2) is 28.7 Å². The van der Waals surface area contributed by atoms with E-state index < -0.39 is 24.0 Å². The van der Waals surface area contributed by atoms with Crippen molar-refractivity contribution in [3.63, 3.8) is 0 Å². The molecule has 0 heterocycles. The molecule has 21 heavy (non-hydrogen) atoms. The molecule has 0 saturated heterocycles. The monoisotopic (exact) mass is 357 g/mol. The number of aliphatic hydroxyl groups excluding tert-OH is 1. The highest BCUT2D eigenvalue weighted by atomic mass is 79.9. The minimum Gasteiger partial charge on any atom is -0.480 e. The lowest BCUT2D eigenvalue weighted by atomic mass is 10.0. The summed E-state index contributed by atoms with van der Waals surface area (Å²) in [4.78, 5) is 23.1. The van der Waals surface area contributed by atoms with Crippen LogP contribution in [0, 0.1) is 5.92 Å². The lowest BCUT2D eigenvalue weighted by Gasteiger charge is -2.18. The van der Waals surface area contributed by atoms with Crippen LogP contribution < -0.4 is 5.32 Å². The van der Waals surface area contributed by atoms with Crippen LogP contribution in [0.1, 0.15) is 25.8 Å². The van der Waals surface area contributed by atoms with Crippen LogP contribution in [-0.4, -0.2) is 34.2 Å². The van der Waals surface area contributed by atoms with E-state index in [1.165, 1.54) is 0 Å². The number of carbonyl (C=O) groups excluding carboxylic acids is 1. The third-order valence-electron chi connectivity index (χ3n) is 2.94. The van der Waals surface area contributed by atoms with Gasteiger partial charge in [0.1, 0.15) is 12.1 Å². The molecule has 1 rings (SSSR count). The van der Waals surface area contributed by atoms with E-state index in [0.29, 0.717) is 6.42 Å². The summed E-state index contributed by atoms with van der Waals surface area (Å²) in [6.45, 7) is 3.76. The normalized spacial score (nSPS) is 13.8. The molecule has 0 aliphatic carbocycles. The summed E-state index contributed by atoms with van der Waals surface area (Å²) in [6.07, 6.45) is -0.724. The first kappa shape index (κ1) is 17.7. The van der Waals surface area contributed by atoms with Crippen molar-refractivity contribution in [3.8, 4) is 0 Å². The zero-order valence-electron chi connectivity index (χ0n) is 12.0. The van der Waals surface area contributed by atoms with Crippen LogP contribution in [0.25, 0.3) is 0 Å². The van der Waals surface area contributed by atoms with Gasteiger partial charge in [0.05, 0.1) is 0 Å². The van der Waals surface area contributed by atoms with Crippen LogP contribution >= 0.6 is 15.9 Å². The van der Waals surface area contributed by atoms with Crippen molar-refractivity contribution in [2.45, 2.75) is 38.8 Å². The first-order valence-corrected chi connectivity index (χ1v) is 7.54. The number of carboxylic acids is 1. The standard InChI is InChI=1S/C15H20BrNO4/c1-9(2)6-13(18)14(19)17-12(15(20)21)8-10-4-3-5-11(16)7-10/h3-5,7,9,12-13,18H,6,8H2,1-2H3,(H,17,19)(H,20,21)/t12-,13-/m1/s1. The van der Waals surface area contributed by atoms with E-state index in [1.807, 2.05) is 19.9 Å². The number of halogens is 1. The molecule has 0 aliphatic rings. The van der Waals surface area contributed by atoms with Crippen molar-refractivity contribution in [2.75, 3.05) is 0 Å². The largest absolute Gasteiger partial charge is 0.480 e. The highest BCUT2D eigenvalue weighted by Gasteiger charge is 2.24. The van der Waals surface area contributed by atoms with Gasteiger partial charge in [-0.15, -0.1) is 0 Å². The van der Waals surface area contributed by atoms with Gasteiger partial charge in [0.15, 0.2) is 0 Å². The summed E-state index contributed by atoms with van der Waals surface area (Å²) in [5.74, 6) is -1.62. The van der Waals surface area contributed by atoms with Crippen LogP contribution in [-0.2, 0) is 16.0 Å². The van der Waals surface area contributed by atoms with Gasteiger partial charge in [0.2, 0.25) is 5.91 Å². The van der Waals surface area contributed by atoms with Crippen molar-refractivity contribution in [3.05, 3.63) is 34.3 Å². The van der Waals surface area contributed by atoms with E-state index in [9.17, 15) is 19.8 Å². The Morgan fingerprint density at radius 1 is 1.33 bits per heavy atom. The summed E-state index contributed by atoms with van der Waals surface area (Å²) < 4.78 is 0.843. The first-order valence-electron chi connectivity index (χ1n) is 6.75. The lowest BCUT2D eigenvalue weighted by Crippen LogP contribution is -2.46. The summed E-state index contributed by atoms with van der Waals surface area (Å²) in [5.41, 5.74) is 0.787. The number of rotatable bonds is 7. The Balaban J connectivity index is 2.70. The molecule has 0 saturated carbocycles. The van der Waals surface area contributed by atoms with Gasteiger partial charge in [-0.25, -0.2) is 4.79 Å². The van der Waals surface area contributed by atoms with Crippen LogP contribution in [0.4, 0.5) is 0 Å². The average molecular weight is 358 g/mol. The molecular formula is C15H20BrNO4. The molecule has 0 spiro atoms. The molecule has 3 N–H and O–H groups in total. The van der Waals surface area contributed by atoms with Crippen molar-refractivity contribution >= 4 is 27.8 Å². The number of aliphatic hydroxyl groups is 1. The molecule has 1 amide bonds. The fourth-order valence-corrected chi connectivity index (χ4v) is 2.37. The second kappa shape index (κ2) is 8.14. The van der Waals surface area contributed by atoms with Crippen molar-refractivity contribution < 1.29 is 19.8 Å². The Bertz CT molecular complexity index is 504. The smallest absolute Gasteiger partial charge is 0.326 e. The van der Waals surface area contributed by atoms with E-state index >= 15 is 0 Å². The van der Waals surface area contributed by atoms with Gasteiger partial charge in [0.25, 0.3) is 0 Å². The van der Waals surface area contributed by atoms with Crippen LogP contribution in [0.5, 0.6) is 0 Å². The van der Waals surface area contributed by atoms with E-state index in [0.717, 1.165) is 10.0 Å². The third-order valence-corrected chi connectivity index (χ3v) is 3.43. The maximum Gasteiger partial charge on any atom is 0.326 e. The quantitative estimate of drug-likeness (QED) is 0.696. The average Bonchev–Trinajstić information content (AvgIpc) is 2.36. The number of carbonyl (C=O) groups is 2. The number of benzene rings is 1. The first-order chi connectivity index (χ1) is 9.79.